The number of amides is 1. The number of carbonyl (C=O) groups excluding carboxylic acids is 1. The number of nitrogens with zero attached hydrogens (tertiary/aromatic N) is 1. The lowest BCUT2D eigenvalue weighted by Crippen LogP contribution is -2.50. The van der Waals surface area contributed by atoms with E-state index in [2.05, 4.69) is 28.2 Å². The zero-order chi connectivity index (χ0) is 16.9. The van der Waals surface area contributed by atoms with Crippen LogP contribution in [0.4, 0.5) is 0 Å². The maximum Gasteiger partial charge on any atom is 0.237 e. The van der Waals surface area contributed by atoms with E-state index in [1.807, 2.05) is 24.4 Å². The third-order valence-corrected chi connectivity index (χ3v) is 4.93. The van der Waals surface area contributed by atoms with Gasteiger partial charge in [-0.05, 0) is 43.9 Å². The van der Waals surface area contributed by atoms with Gasteiger partial charge >= 0.3 is 0 Å². The lowest BCUT2D eigenvalue weighted by Gasteiger charge is -2.32. The normalized spacial score (nSPS) is 17.9. The largest absolute Gasteiger partial charge is 0.361 e. The number of benzene rings is 1. The molecule has 3 rings (SSSR count). The van der Waals surface area contributed by atoms with E-state index in [1.54, 1.807) is 0 Å². The first kappa shape index (κ1) is 17.0. The predicted molar refractivity (Wildman–Crippen MR) is 97.9 cm³/mol. The molecule has 1 saturated heterocycles. The Bertz CT molecular complexity index is 673. The number of hydrogen-bond acceptors (Lipinski definition) is 3. The number of carbonyl (C=O) groups is 1. The van der Waals surface area contributed by atoms with Crippen LogP contribution in [-0.2, 0) is 11.2 Å². The Labute approximate surface area is 143 Å². The molecular formula is C19H28N4O. The van der Waals surface area contributed by atoms with Gasteiger partial charge in [0.15, 0.2) is 0 Å². The zero-order valence-corrected chi connectivity index (χ0v) is 14.4. The van der Waals surface area contributed by atoms with Crippen LogP contribution in [0.2, 0.25) is 0 Å². The fourth-order valence-electron chi connectivity index (χ4n) is 3.56. The second kappa shape index (κ2) is 7.81. The summed E-state index contributed by atoms with van der Waals surface area (Å²) in [5, 5.41) is 4.29. The molecule has 1 aromatic carbocycles. The monoisotopic (exact) mass is 328 g/mol. The summed E-state index contributed by atoms with van der Waals surface area (Å²) in [6.07, 6.45) is 5.75. The van der Waals surface area contributed by atoms with Crippen LogP contribution in [0.25, 0.3) is 10.9 Å². The molecule has 1 atom stereocenters. The number of likely N-dealkylation sites (tertiary alicyclic amines) is 1. The minimum Gasteiger partial charge on any atom is -0.361 e. The summed E-state index contributed by atoms with van der Waals surface area (Å²) in [6.45, 7) is 5.49. The maximum absolute atomic E-state index is 12.4. The van der Waals surface area contributed by atoms with E-state index < -0.39 is 6.04 Å². The number of piperidine rings is 1. The number of hydrogen-bond donors (Lipinski definition) is 3. The lowest BCUT2D eigenvalue weighted by atomic mass is 10.0. The Morgan fingerprint density at radius 2 is 2.12 bits per heavy atom. The number of rotatable bonds is 6. The molecule has 1 fully saturated rings. The number of aromatic nitrogens is 1. The van der Waals surface area contributed by atoms with E-state index >= 15 is 0 Å². The molecule has 0 spiro atoms. The number of fused-ring (bicyclic) bond motifs is 1. The van der Waals surface area contributed by atoms with Crippen LogP contribution in [0.1, 0.15) is 31.7 Å². The third-order valence-electron chi connectivity index (χ3n) is 4.93. The van der Waals surface area contributed by atoms with Crippen molar-refractivity contribution in [2.45, 2.75) is 44.7 Å². The molecule has 130 valence electrons. The first-order valence-corrected chi connectivity index (χ1v) is 9.00. The predicted octanol–water partition coefficient (Wildman–Crippen LogP) is 2.03. The first-order chi connectivity index (χ1) is 11.7. The second-order valence-corrected chi connectivity index (χ2v) is 6.79. The molecule has 24 heavy (non-hydrogen) atoms. The summed E-state index contributed by atoms with van der Waals surface area (Å²) >= 11 is 0. The summed E-state index contributed by atoms with van der Waals surface area (Å²) in [7, 11) is 0. The second-order valence-electron chi connectivity index (χ2n) is 6.79. The van der Waals surface area contributed by atoms with Gasteiger partial charge in [-0.25, -0.2) is 0 Å². The molecule has 1 aliphatic heterocycles. The van der Waals surface area contributed by atoms with Crippen molar-refractivity contribution in [3.8, 4) is 0 Å². The van der Waals surface area contributed by atoms with E-state index in [1.165, 1.54) is 6.42 Å². The van der Waals surface area contributed by atoms with Crippen molar-refractivity contribution in [2.24, 2.45) is 5.73 Å². The number of H-pyrrole nitrogens is 1. The van der Waals surface area contributed by atoms with E-state index in [0.29, 0.717) is 6.42 Å². The molecule has 1 amide bonds. The van der Waals surface area contributed by atoms with Crippen molar-refractivity contribution < 1.29 is 4.79 Å². The number of nitrogens with two attached hydrogens (primary N) is 1. The van der Waals surface area contributed by atoms with Crippen LogP contribution < -0.4 is 11.1 Å². The lowest BCUT2D eigenvalue weighted by molar-refractivity contribution is -0.123. The molecular weight excluding hydrogens is 300 g/mol. The standard InChI is InChI=1S/C19H28N4O/c1-2-9-23-10-7-15(8-11-23)22-19(24)17(20)12-14-13-21-18-6-4-3-5-16(14)18/h3-6,13,15,17,21H,2,7-12,20H2,1H3,(H,22,24)/t17-/m0/s1. The van der Waals surface area contributed by atoms with Crippen molar-refractivity contribution in [3.05, 3.63) is 36.0 Å². The van der Waals surface area contributed by atoms with Crippen LogP contribution in [-0.4, -0.2) is 47.5 Å². The molecule has 2 aromatic rings. The molecule has 0 radical (unpaired) electrons. The van der Waals surface area contributed by atoms with Crippen molar-refractivity contribution in [3.63, 3.8) is 0 Å². The van der Waals surface area contributed by atoms with Gasteiger partial charge in [0.1, 0.15) is 0 Å². The SMILES string of the molecule is CCCN1CCC(NC(=O)[C@@H](N)Cc2c[nH]c3ccccc23)CC1. The molecule has 2 heterocycles. The van der Waals surface area contributed by atoms with Gasteiger partial charge in [0.25, 0.3) is 0 Å². The van der Waals surface area contributed by atoms with Crippen molar-refractivity contribution >= 4 is 16.8 Å². The minimum atomic E-state index is -0.502. The summed E-state index contributed by atoms with van der Waals surface area (Å²) in [5.74, 6) is -0.0331. The first-order valence-electron chi connectivity index (χ1n) is 9.00. The Morgan fingerprint density at radius 3 is 2.88 bits per heavy atom. The number of para-hydroxylation sites is 1. The van der Waals surface area contributed by atoms with Gasteiger partial charge in [-0.3, -0.25) is 4.79 Å². The van der Waals surface area contributed by atoms with Gasteiger partial charge in [0.05, 0.1) is 6.04 Å². The molecule has 4 N–H and O–H groups in total. The quantitative estimate of drug-likeness (QED) is 0.759. The van der Waals surface area contributed by atoms with Crippen LogP contribution in [0.3, 0.4) is 0 Å². The minimum absolute atomic E-state index is 0.0331. The highest BCUT2D eigenvalue weighted by molar-refractivity contribution is 5.86. The van der Waals surface area contributed by atoms with E-state index in [-0.39, 0.29) is 11.9 Å². The van der Waals surface area contributed by atoms with Gasteiger partial charge in [0, 0.05) is 36.2 Å². The van der Waals surface area contributed by atoms with E-state index in [9.17, 15) is 4.79 Å². The number of aromatic amines is 1. The van der Waals surface area contributed by atoms with E-state index in [0.717, 1.165) is 48.9 Å². The number of nitrogens with one attached hydrogen (secondary N) is 2. The summed E-state index contributed by atoms with van der Waals surface area (Å²) in [4.78, 5) is 18.1. The van der Waals surface area contributed by atoms with Crippen molar-refractivity contribution in [1.82, 2.24) is 15.2 Å². The van der Waals surface area contributed by atoms with Gasteiger partial charge in [-0.15, -0.1) is 0 Å². The smallest absolute Gasteiger partial charge is 0.237 e. The molecule has 5 nitrogen and oxygen atoms in total. The Hall–Kier alpha value is -1.85. The Kier molecular flexibility index (Phi) is 5.53. The Morgan fingerprint density at radius 1 is 1.38 bits per heavy atom. The van der Waals surface area contributed by atoms with Crippen LogP contribution in [0.5, 0.6) is 0 Å². The van der Waals surface area contributed by atoms with Gasteiger partial charge in [-0.2, -0.15) is 0 Å². The average molecular weight is 328 g/mol. The molecule has 0 saturated carbocycles. The fourth-order valence-corrected chi connectivity index (χ4v) is 3.56. The topological polar surface area (TPSA) is 74.2 Å². The highest BCUT2D eigenvalue weighted by Gasteiger charge is 2.23. The van der Waals surface area contributed by atoms with Gasteiger partial charge in [-0.1, -0.05) is 25.1 Å². The summed E-state index contributed by atoms with van der Waals surface area (Å²) in [5.41, 5.74) is 8.34. The highest BCUT2D eigenvalue weighted by atomic mass is 16.2. The fraction of sp³-hybridized carbons (Fsp3) is 0.526. The summed E-state index contributed by atoms with van der Waals surface area (Å²) < 4.78 is 0. The maximum atomic E-state index is 12.4. The molecule has 0 unspecified atom stereocenters. The molecule has 5 heteroatoms. The van der Waals surface area contributed by atoms with Crippen LogP contribution in [0.15, 0.2) is 30.5 Å². The molecule has 1 aliphatic rings. The summed E-state index contributed by atoms with van der Waals surface area (Å²) in [6, 6.07) is 7.87. The van der Waals surface area contributed by atoms with Crippen LogP contribution >= 0.6 is 0 Å². The highest BCUT2D eigenvalue weighted by Crippen LogP contribution is 2.19. The van der Waals surface area contributed by atoms with Gasteiger partial charge in [0.2, 0.25) is 5.91 Å². The molecule has 0 bridgehead atoms. The van der Waals surface area contributed by atoms with Crippen molar-refractivity contribution in [2.75, 3.05) is 19.6 Å². The molecule has 0 aliphatic carbocycles. The third kappa shape index (κ3) is 3.97. The van der Waals surface area contributed by atoms with Crippen molar-refractivity contribution in [1.29, 1.82) is 0 Å². The van der Waals surface area contributed by atoms with Gasteiger partial charge < -0.3 is 20.9 Å². The average Bonchev–Trinajstić information content (AvgIpc) is 3.00. The Balaban J connectivity index is 1.52. The van der Waals surface area contributed by atoms with E-state index in [4.69, 9.17) is 5.73 Å². The zero-order valence-electron chi connectivity index (χ0n) is 14.4. The van der Waals surface area contributed by atoms with Crippen LogP contribution in [0, 0.1) is 0 Å². The molecule has 1 aromatic heterocycles.